The van der Waals surface area contributed by atoms with Gasteiger partial charge in [0.15, 0.2) is 0 Å². The number of rotatable bonds is 2. The van der Waals surface area contributed by atoms with Crippen LogP contribution >= 0.6 is 0 Å². The summed E-state index contributed by atoms with van der Waals surface area (Å²) in [6.07, 6.45) is 2.31. The molecule has 132 valence electrons. The van der Waals surface area contributed by atoms with Crippen LogP contribution in [-0.4, -0.2) is 47.8 Å². The smallest absolute Gasteiger partial charge is 0.335 e. The molecule has 0 radical (unpaired) electrons. The number of aliphatic hydroxyl groups excluding tert-OH is 1. The van der Waals surface area contributed by atoms with Gasteiger partial charge in [-0.15, -0.1) is 0 Å². The first-order chi connectivity index (χ1) is 12.1. The van der Waals surface area contributed by atoms with Crippen LogP contribution in [0.2, 0.25) is 0 Å². The van der Waals surface area contributed by atoms with E-state index in [1.54, 1.807) is 0 Å². The molecule has 0 unspecified atom stereocenters. The van der Waals surface area contributed by atoms with E-state index in [0.717, 1.165) is 42.8 Å². The molecule has 4 aliphatic rings. The number of hydrogen-bond donors (Lipinski definition) is 2. The van der Waals surface area contributed by atoms with Crippen molar-refractivity contribution in [1.82, 2.24) is 4.90 Å². The van der Waals surface area contributed by atoms with E-state index in [-0.39, 0.29) is 23.5 Å². The summed E-state index contributed by atoms with van der Waals surface area (Å²) in [6, 6.07) is 8.96. The van der Waals surface area contributed by atoms with Crippen molar-refractivity contribution in [3.8, 4) is 0 Å². The van der Waals surface area contributed by atoms with Gasteiger partial charge >= 0.3 is 5.97 Å². The fourth-order valence-corrected chi connectivity index (χ4v) is 6.11. The predicted octanol–water partition coefficient (Wildman–Crippen LogP) is 2.02. The van der Waals surface area contributed by atoms with Crippen LogP contribution in [0.15, 0.2) is 35.5 Å². The van der Waals surface area contributed by atoms with Crippen LogP contribution < -0.4 is 5.32 Å². The zero-order valence-corrected chi connectivity index (χ0v) is 14.7. The van der Waals surface area contributed by atoms with Crippen LogP contribution in [-0.2, 0) is 14.9 Å². The Balaban J connectivity index is 1.73. The third-order valence-electron chi connectivity index (χ3n) is 6.91. The number of carbonyl (C=O) groups excluding carboxylic acids is 1. The average molecular weight is 340 g/mol. The molecule has 2 fully saturated rings. The number of methoxy groups -OCH3 is 1. The molecule has 2 saturated heterocycles. The van der Waals surface area contributed by atoms with Crippen molar-refractivity contribution in [3.63, 3.8) is 0 Å². The largest absolute Gasteiger partial charge is 0.466 e. The molecule has 3 heterocycles. The highest BCUT2D eigenvalue weighted by Gasteiger charge is 2.65. The third-order valence-corrected chi connectivity index (χ3v) is 6.91. The number of nitrogens with zero attached hydrogens (tertiary/aromatic N) is 1. The van der Waals surface area contributed by atoms with E-state index in [1.165, 1.54) is 12.7 Å². The van der Waals surface area contributed by atoms with Gasteiger partial charge in [0.25, 0.3) is 0 Å². The second-order valence-electron chi connectivity index (χ2n) is 7.93. The predicted molar refractivity (Wildman–Crippen MR) is 94.1 cm³/mol. The molecule has 5 nitrogen and oxygen atoms in total. The van der Waals surface area contributed by atoms with Gasteiger partial charge in [-0.1, -0.05) is 18.2 Å². The van der Waals surface area contributed by atoms with Gasteiger partial charge in [0.05, 0.1) is 24.2 Å². The second kappa shape index (κ2) is 5.08. The zero-order chi connectivity index (χ0) is 17.3. The molecule has 5 rings (SSSR count). The maximum absolute atomic E-state index is 12.6. The van der Waals surface area contributed by atoms with Crippen molar-refractivity contribution in [3.05, 3.63) is 41.1 Å². The highest BCUT2D eigenvalue weighted by molar-refractivity contribution is 5.93. The van der Waals surface area contributed by atoms with E-state index in [9.17, 15) is 9.90 Å². The number of nitrogens with one attached hydrogen (secondary N) is 1. The van der Waals surface area contributed by atoms with Crippen LogP contribution in [0.4, 0.5) is 5.69 Å². The van der Waals surface area contributed by atoms with E-state index in [4.69, 9.17) is 4.74 Å². The molecule has 1 spiro atoms. The van der Waals surface area contributed by atoms with Gasteiger partial charge in [0.1, 0.15) is 0 Å². The third kappa shape index (κ3) is 1.78. The number of hydrogen-bond acceptors (Lipinski definition) is 5. The number of para-hydroxylation sites is 1. The number of anilines is 1. The van der Waals surface area contributed by atoms with Gasteiger partial charge in [-0.2, -0.15) is 0 Å². The Morgan fingerprint density at radius 2 is 2.24 bits per heavy atom. The lowest BCUT2D eigenvalue weighted by Crippen LogP contribution is -2.48. The number of ether oxygens (including phenoxy) is 1. The molecule has 5 atom stereocenters. The molecule has 1 aromatic carbocycles. The molecule has 5 heteroatoms. The number of benzene rings is 1. The Bertz CT molecular complexity index is 787. The molecule has 1 aliphatic carbocycles. The molecule has 0 saturated carbocycles. The van der Waals surface area contributed by atoms with Crippen molar-refractivity contribution in [2.24, 2.45) is 5.92 Å². The van der Waals surface area contributed by atoms with Gasteiger partial charge in [0.2, 0.25) is 0 Å². The highest BCUT2D eigenvalue weighted by Crippen LogP contribution is 2.62. The van der Waals surface area contributed by atoms with E-state index in [0.29, 0.717) is 12.0 Å². The summed E-state index contributed by atoms with van der Waals surface area (Å²) in [5.41, 5.74) is 4.10. The second-order valence-corrected chi connectivity index (χ2v) is 7.93. The molecule has 0 bridgehead atoms. The van der Waals surface area contributed by atoms with Crippen molar-refractivity contribution >= 4 is 11.7 Å². The minimum Gasteiger partial charge on any atom is -0.466 e. The minimum atomic E-state index is -0.351. The Hall–Kier alpha value is -1.85. The van der Waals surface area contributed by atoms with Gasteiger partial charge in [-0.3, -0.25) is 4.90 Å². The first kappa shape index (κ1) is 15.4. The lowest BCUT2D eigenvalue weighted by molar-refractivity contribution is -0.136. The highest BCUT2D eigenvalue weighted by atomic mass is 16.5. The van der Waals surface area contributed by atoms with Crippen LogP contribution in [0, 0.1) is 5.92 Å². The summed E-state index contributed by atoms with van der Waals surface area (Å²) in [7, 11) is 1.46. The minimum absolute atomic E-state index is 0.160. The first-order valence-electron chi connectivity index (χ1n) is 9.20. The molecule has 0 aromatic heterocycles. The Labute approximate surface area is 147 Å². The summed E-state index contributed by atoms with van der Waals surface area (Å²) < 4.78 is 5.12. The Morgan fingerprint density at radius 3 is 3.00 bits per heavy atom. The van der Waals surface area contributed by atoms with Crippen molar-refractivity contribution in [2.45, 2.75) is 49.8 Å². The van der Waals surface area contributed by atoms with Gasteiger partial charge in [-0.05, 0) is 43.7 Å². The fraction of sp³-hybridized carbons (Fsp3) is 0.550. The van der Waals surface area contributed by atoms with Crippen LogP contribution in [0.1, 0.15) is 31.7 Å². The SMILES string of the molecule is COC(=O)C1=C2Nc3ccccc3[C@]23CCN2[C@H]([C@H](C)O)C[C@H](C1)[C@@H]23. The number of carbonyl (C=O) groups is 1. The lowest BCUT2D eigenvalue weighted by atomic mass is 9.63. The fourth-order valence-electron chi connectivity index (χ4n) is 6.11. The molecular formula is C20H24N2O3. The lowest BCUT2D eigenvalue weighted by Gasteiger charge is -2.41. The van der Waals surface area contributed by atoms with Crippen molar-refractivity contribution in [2.75, 3.05) is 19.0 Å². The molecular weight excluding hydrogens is 316 g/mol. The summed E-state index contributed by atoms with van der Waals surface area (Å²) in [6.45, 7) is 2.86. The van der Waals surface area contributed by atoms with E-state index < -0.39 is 0 Å². The van der Waals surface area contributed by atoms with Crippen LogP contribution in [0.5, 0.6) is 0 Å². The first-order valence-corrected chi connectivity index (χ1v) is 9.20. The van der Waals surface area contributed by atoms with Crippen molar-refractivity contribution in [1.29, 1.82) is 0 Å². The van der Waals surface area contributed by atoms with Crippen LogP contribution in [0.3, 0.4) is 0 Å². The Kier molecular flexibility index (Phi) is 3.13. The normalized spacial score (nSPS) is 36.5. The molecule has 3 aliphatic heterocycles. The van der Waals surface area contributed by atoms with Gasteiger partial charge < -0.3 is 15.2 Å². The standard InChI is InChI=1S/C20H24N2O3/c1-11(23)16-10-12-9-13(19(24)25-2)17-20(7-8-22(16)18(12)20)14-5-3-4-6-15(14)21-17/h3-6,11-12,16,18,21,23H,7-10H2,1-2H3/t11-,12-,16-,18+,20+/m0/s1. The summed E-state index contributed by atoms with van der Waals surface area (Å²) in [5.74, 6) is 0.167. The van der Waals surface area contributed by atoms with Crippen molar-refractivity contribution < 1.29 is 14.6 Å². The molecule has 25 heavy (non-hydrogen) atoms. The molecule has 2 N–H and O–H groups in total. The van der Waals surface area contributed by atoms with E-state index in [1.807, 2.05) is 13.0 Å². The quantitative estimate of drug-likeness (QED) is 0.807. The maximum Gasteiger partial charge on any atom is 0.335 e. The number of esters is 1. The number of aliphatic hydroxyl groups is 1. The summed E-state index contributed by atoms with van der Waals surface area (Å²) in [5, 5.41) is 13.9. The Morgan fingerprint density at radius 1 is 1.44 bits per heavy atom. The maximum atomic E-state index is 12.6. The molecule has 1 aromatic rings. The van der Waals surface area contributed by atoms with Gasteiger partial charge in [-0.25, -0.2) is 4.79 Å². The zero-order valence-electron chi connectivity index (χ0n) is 14.7. The van der Waals surface area contributed by atoms with E-state index in [2.05, 4.69) is 28.4 Å². The topological polar surface area (TPSA) is 61.8 Å². The van der Waals surface area contributed by atoms with E-state index >= 15 is 0 Å². The monoisotopic (exact) mass is 340 g/mol. The summed E-state index contributed by atoms with van der Waals surface area (Å²) >= 11 is 0. The van der Waals surface area contributed by atoms with Crippen LogP contribution in [0.25, 0.3) is 0 Å². The summed E-state index contributed by atoms with van der Waals surface area (Å²) in [4.78, 5) is 15.1. The molecule has 0 amide bonds. The number of fused-ring (bicyclic) bond motifs is 1. The van der Waals surface area contributed by atoms with Gasteiger partial charge in [0, 0.05) is 30.0 Å². The average Bonchev–Trinajstić information content (AvgIpc) is 3.28.